The Bertz CT molecular complexity index is 1180. The van der Waals surface area contributed by atoms with Crippen molar-refractivity contribution in [1.82, 2.24) is 19.9 Å². The molecule has 3 heterocycles. The van der Waals surface area contributed by atoms with Gasteiger partial charge < -0.3 is 16.0 Å². The topological polar surface area (TPSA) is 71.5 Å². The summed E-state index contributed by atoms with van der Waals surface area (Å²) in [6, 6.07) is 16.7. The van der Waals surface area contributed by atoms with Crippen molar-refractivity contribution in [2.75, 3.05) is 31.1 Å². The van der Waals surface area contributed by atoms with Gasteiger partial charge in [0, 0.05) is 61.1 Å². The summed E-state index contributed by atoms with van der Waals surface area (Å²) in [4.78, 5) is 7.11. The first-order valence-corrected chi connectivity index (χ1v) is 10.1. The molecule has 6 nitrogen and oxygen atoms in total. The molecule has 0 aliphatic carbocycles. The second-order valence-corrected chi connectivity index (χ2v) is 7.56. The lowest BCUT2D eigenvalue weighted by Crippen LogP contribution is -2.43. The minimum absolute atomic E-state index is 0.562. The van der Waals surface area contributed by atoms with Gasteiger partial charge >= 0.3 is 0 Å². The van der Waals surface area contributed by atoms with Crippen LogP contribution >= 0.6 is 0 Å². The zero-order valence-corrected chi connectivity index (χ0v) is 16.8. The normalized spacial score (nSPS) is 14.2. The number of nitrogens with zero attached hydrogens (tertiary/aromatic N) is 4. The summed E-state index contributed by atoms with van der Waals surface area (Å²) in [6.07, 6.45) is 5.80. The number of anilines is 1. The number of aromatic nitrogens is 3. The highest BCUT2D eigenvalue weighted by Gasteiger charge is 2.12. The molecule has 1 fully saturated rings. The summed E-state index contributed by atoms with van der Waals surface area (Å²) in [6.45, 7) is 7.94. The van der Waals surface area contributed by atoms with Crippen molar-refractivity contribution >= 4 is 17.0 Å². The Hall–Kier alpha value is -3.64. The third-order valence-corrected chi connectivity index (χ3v) is 5.61. The largest absolute Gasteiger partial charge is 0.399 e. The Morgan fingerprint density at radius 3 is 2.30 bits per heavy atom. The first-order valence-electron chi connectivity index (χ1n) is 10.1. The van der Waals surface area contributed by atoms with Gasteiger partial charge in [-0.05, 0) is 28.8 Å². The van der Waals surface area contributed by atoms with Crippen molar-refractivity contribution in [3.05, 3.63) is 79.3 Å². The van der Waals surface area contributed by atoms with E-state index >= 15 is 0 Å². The summed E-state index contributed by atoms with van der Waals surface area (Å²) < 4.78 is 1.84. The van der Waals surface area contributed by atoms with Crippen molar-refractivity contribution in [3.63, 3.8) is 0 Å². The maximum absolute atomic E-state index is 5.77. The Balaban J connectivity index is 1.42. The third-order valence-electron chi connectivity index (χ3n) is 5.61. The van der Waals surface area contributed by atoms with Gasteiger partial charge in [0.2, 0.25) is 0 Å². The Labute approximate surface area is 175 Å². The standard InChI is InChI=1S/C24H24N6/c1-17(25)18-2-4-20(5-3-18)23-15-28-30-16-21(14-27-24(23)30)19-6-8-22(9-7-19)29-12-10-26-11-13-29/h2-9,14-16,26H,1,10-13,25H2. The zero-order valence-electron chi connectivity index (χ0n) is 16.8. The molecular weight excluding hydrogens is 372 g/mol. The monoisotopic (exact) mass is 396 g/mol. The van der Waals surface area contributed by atoms with Crippen LogP contribution in [0.5, 0.6) is 0 Å². The van der Waals surface area contributed by atoms with Crippen LogP contribution in [0.15, 0.2) is 73.7 Å². The van der Waals surface area contributed by atoms with Crippen LogP contribution in [0.2, 0.25) is 0 Å². The van der Waals surface area contributed by atoms with Gasteiger partial charge in [0.05, 0.1) is 6.20 Å². The maximum atomic E-state index is 5.77. The lowest BCUT2D eigenvalue weighted by atomic mass is 10.1. The molecule has 0 saturated carbocycles. The average Bonchev–Trinajstić information content (AvgIpc) is 3.23. The molecule has 30 heavy (non-hydrogen) atoms. The first-order chi connectivity index (χ1) is 14.7. The molecule has 3 N–H and O–H groups in total. The number of hydrogen-bond donors (Lipinski definition) is 2. The molecule has 1 aliphatic heterocycles. The molecular formula is C24H24N6. The Morgan fingerprint density at radius 2 is 1.60 bits per heavy atom. The van der Waals surface area contributed by atoms with Crippen LogP contribution in [0.3, 0.4) is 0 Å². The minimum atomic E-state index is 0.562. The van der Waals surface area contributed by atoms with E-state index in [-0.39, 0.29) is 0 Å². The van der Waals surface area contributed by atoms with Crippen LogP contribution in [-0.4, -0.2) is 40.8 Å². The van der Waals surface area contributed by atoms with Gasteiger partial charge in [-0.25, -0.2) is 9.50 Å². The molecule has 1 aliphatic rings. The fourth-order valence-electron chi connectivity index (χ4n) is 3.88. The predicted octanol–water partition coefficient (Wildman–Crippen LogP) is 3.40. The highest BCUT2D eigenvalue weighted by Crippen LogP contribution is 2.27. The highest BCUT2D eigenvalue weighted by molar-refractivity contribution is 5.79. The summed E-state index contributed by atoms with van der Waals surface area (Å²) in [5.41, 5.74) is 13.6. The highest BCUT2D eigenvalue weighted by atomic mass is 15.2. The molecule has 0 spiro atoms. The van der Waals surface area contributed by atoms with Crippen LogP contribution in [0.25, 0.3) is 33.6 Å². The maximum Gasteiger partial charge on any atom is 0.162 e. The molecule has 2 aromatic heterocycles. The number of rotatable bonds is 4. The van der Waals surface area contributed by atoms with E-state index in [4.69, 9.17) is 10.7 Å². The van der Waals surface area contributed by atoms with E-state index in [2.05, 4.69) is 46.2 Å². The SMILES string of the molecule is C=C(N)c1ccc(-c2cnn3cc(-c4ccc(N5CCNCC5)cc4)cnc23)cc1. The Morgan fingerprint density at radius 1 is 0.900 bits per heavy atom. The van der Waals surface area contributed by atoms with E-state index in [0.29, 0.717) is 5.70 Å². The molecule has 1 saturated heterocycles. The molecule has 4 aromatic rings. The van der Waals surface area contributed by atoms with Gasteiger partial charge in [-0.1, -0.05) is 43.0 Å². The molecule has 2 aromatic carbocycles. The van der Waals surface area contributed by atoms with Crippen LogP contribution < -0.4 is 16.0 Å². The smallest absolute Gasteiger partial charge is 0.162 e. The molecule has 5 rings (SSSR count). The van der Waals surface area contributed by atoms with E-state index in [1.165, 1.54) is 5.69 Å². The van der Waals surface area contributed by atoms with Crippen LogP contribution in [-0.2, 0) is 0 Å². The number of fused-ring (bicyclic) bond motifs is 1. The minimum Gasteiger partial charge on any atom is -0.399 e. The van der Waals surface area contributed by atoms with E-state index in [0.717, 1.165) is 59.6 Å². The lowest BCUT2D eigenvalue weighted by molar-refractivity contribution is 0.589. The number of nitrogens with two attached hydrogens (primary N) is 1. The molecule has 0 radical (unpaired) electrons. The fourth-order valence-corrected chi connectivity index (χ4v) is 3.88. The molecule has 0 unspecified atom stereocenters. The summed E-state index contributed by atoms with van der Waals surface area (Å²) in [5.74, 6) is 0. The van der Waals surface area contributed by atoms with Crippen molar-refractivity contribution in [2.45, 2.75) is 0 Å². The van der Waals surface area contributed by atoms with Gasteiger partial charge in [-0.3, -0.25) is 0 Å². The number of benzene rings is 2. The van der Waals surface area contributed by atoms with Gasteiger partial charge in [0.25, 0.3) is 0 Å². The Kier molecular flexibility index (Phi) is 4.69. The summed E-state index contributed by atoms with van der Waals surface area (Å²) in [5, 5.41) is 7.92. The third kappa shape index (κ3) is 3.42. The van der Waals surface area contributed by atoms with Crippen molar-refractivity contribution in [2.24, 2.45) is 5.73 Å². The fraction of sp³-hybridized carbons (Fsp3) is 0.167. The van der Waals surface area contributed by atoms with Gasteiger partial charge in [-0.15, -0.1) is 0 Å². The van der Waals surface area contributed by atoms with Crippen molar-refractivity contribution < 1.29 is 0 Å². The lowest BCUT2D eigenvalue weighted by Gasteiger charge is -2.29. The summed E-state index contributed by atoms with van der Waals surface area (Å²) >= 11 is 0. The van der Waals surface area contributed by atoms with E-state index in [9.17, 15) is 0 Å². The summed E-state index contributed by atoms with van der Waals surface area (Å²) in [7, 11) is 0. The van der Waals surface area contributed by atoms with Crippen LogP contribution in [0, 0.1) is 0 Å². The van der Waals surface area contributed by atoms with E-state index < -0.39 is 0 Å². The van der Waals surface area contributed by atoms with E-state index in [1.807, 2.05) is 47.4 Å². The van der Waals surface area contributed by atoms with Gasteiger partial charge in [-0.2, -0.15) is 5.10 Å². The quantitative estimate of drug-likeness (QED) is 0.553. The second kappa shape index (κ2) is 7.65. The molecule has 0 amide bonds. The molecule has 0 atom stereocenters. The number of nitrogens with one attached hydrogen (secondary N) is 1. The van der Waals surface area contributed by atoms with Crippen molar-refractivity contribution in [3.8, 4) is 22.3 Å². The van der Waals surface area contributed by atoms with Crippen molar-refractivity contribution in [1.29, 1.82) is 0 Å². The predicted molar refractivity (Wildman–Crippen MR) is 122 cm³/mol. The molecule has 150 valence electrons. The van der Waals surface area contributed by atoms with Crippen LogP contribution in [0.1, 0.15) is 5.56 Å². The molecule has 0 bridgehead atoms. The van der Waals surface area contributed by atoms with E-state index in [1.54, 1.807) is 0 Å². The molecule has 6 heteroatoms. The van der Waals surface area contributed by atoms with Crippen LogP contribution in [0.4, 0.5) is 5.69 Å². The number of hydrogen-bond acceptors (Lipinski definition) is 5. The average molecular weight is 396 g/mol. The first kappa shape index (κ1) is 18.4. The van der Waals surface area contributed by atoms with Gasteiger partial charge in [0.1, 0.15) is 0 Å². The number of piperazine rings is 1. The van der Waals surface area contributed by atoms with Gasteiger partial charge in [0.15, 0.2) is 5.65 Å². The second-order valence-electron chi connectivity index (χ2n) is 7.56. The zero-order chi connectivity index (χ0) is 20.5.